The lowest BCUT2D eigenvalue weighted by Crippen LogP contribution is -2.61. The number of piperazine rings is 1. The highest BCUT2D eigenvalue weighted by molar-refractivity contribution is 7.91. The molecule has 28 heavy (non-hydrogen) atoms. The summed E-state index contributed by atoms with van der Waals surface area (Å²) in [4.78, 5) is 16.5. The molecule has 0 aromatic heterocycles. The van der Waals surface area contributed by atoms with Crippen LogP contribution in [0.3, 0.4) is 0 Å². The zero-order valence-electron chi connectivity index (χ0n) is 15.4. The largest absolute Gasteiger partial charge is 0.497 e. The summed E-state index contributed by atoms with van der Waals surface area (Å²) in [6.45, 7) is 0.500. The third-order valence-electron chi connectivity index (χ3n) is 5.33. The van der Waals surface area contributed by atoms with E-state index < -0.39 is 15.9 Å². The van der Waals surface area contributed by atoms with Gasteiger partial charge in [0.25, 0.3) is 0 Å². The first-order valence-corrected chi connectivity index (χ1v) is 10.8. The van der Waals surface area contributed by atoms with E-state index in [2.05, 4.69) is 0 Å². The normalized spacial score (nSPS) is 24.2. The first-order valence-electron chi connectivity index (χ1n) is 9.01. The zero-order valence-corrected chi connectivity index (χ0v) is 16.2. The predicted octanol–water partition coefficient (Wildman–Crippen LogP) is 1.85. The second-order valence-corrected chi connectivity index (χ2v) is 9.36. The quantitative estimate of drug-likeness (QED) is 0.778. The molecule has 0 aliphatic carbocycles. The fourth-order valence-electron chi connectivity index (χ4n) is 4.05. The predicted molar refractivity (Wildman–Crippen MR) is 104 cm³/mol. The van der Waals surface area contributed by atoms with Gasteiger partial charge in [0.05, 0.1) is 31.2 Å². The summed E-state index contributed by atoms with van der Waals surface area (Å²) < 4.78 is 43.2. The van der Waals surface area contributed by atoms with Crippen LogP contribution < -0.4 is 9.64 Å². The molecule has 0 unspecified atom stereocenters. The highest BCUT2D eigenvalue weighted by atomic mass is 32.2. The van der Waals surface area contributed by atoms with E-state index in [1.54, 1.807) is 48.4 Å². The van der Waals surface area contributed by atoms with Gasteiger partial charge in [0.15, 0.2) is 9.84 Å². The van der Waals surface area contributed by atoms with E-state index in [4.69, 9.17) is 4.74 Å². The van der Waals surface area contributed by atoms with Crippen molar-refractivity contribution in [2.45, 2.75) is 18.6 Å². The molecule has 2 aromatic carbocycles. The summed E-state index contributed by atoms with van der Waals surface area (Å²) in [7, 11) is -1.72. The standard InChI is InChI=1S/C20H21FN2O4S/c1-27-17-4-2-3-16(9-17)23-19-13-28(25,26)12-18(19)22(11-20(23)24)10-14-5-7-15(21)8-6-14/h2-9,18-19H,10-13H2,1H3/t18-,19+/m1/s1. The molecular weight excluding hydrogens is 383 g/mol. The van der Waals surface area contributed by atoms with Gasteiger partial charge in [-0.15, -0.1) is 0 Å². The number of ether oxygens (including phenoxy) is 1. The van der Waals surface area contributed by atoms with Gasteiger partial charge < -0.3 is 9.64 Å². The maximum atomic E-state index is 13.2. The lowest BCUT2D eigenvalue weighted by molar-refractivity contribution is -0.123. The molecule has 0 N–H and O–H groups in total. The number of carbonyl (C=O) groups is 1. The third kappa shape index (κ3) is 3.62. The third-order valence-corrected chi connectivity index (χ3v) is 7.03. The van der Waals surface area contributed by atoms with Crippen molar-refractivity contribution < 1.29 is 22.3 Å². The number of amides is 1. The molecular formula is C20H21FN2O4S. The first-order chi connectivity index (χ1) is 13.4. The molecule has 2 saturated heterocycles. The smallest absolute Gasteiger partial charge is 0.241 e. The van der Waals surface area contributed by atoms with E-state index in [1.165, 1.54) is 12.1 Å². The van der Waals surface area contributed by atoms with E-state index in [1.807, 2.05) is 4.90 Å². The van der Waals surface area contributed by atoms with Crippen molar-refractivity contribution in [2.24, 2.45) is 0 Å². The van der Waals surface area contributed by atoms with Crippen molar-refractivity contribution in [3.05, 3.63) is 59.9 Å². The molecule has 0 radical (unpaired) electrons. The minimum Gasteiger partial charge on any atom is -0.497 e. The summed E-state index contributed by atoms with van der Waals surface area (Å²) in [5.74, 6) is 0.0572. The Morgan fingerprint density at radius 3 is 2.54 bits per heavy atom. The summed E-state index contributed by atoms with van der Waals surface area (Å²) >= 11 is 0. The Morgan fingerprint density at radius 1 is 1.11 bits per heavy atom. The Hall–Kier alpha value is -2.45. The highest BCUT2D eigenvalue weighted by Crippen LogP contribution is 2.33. The number of halogens is 1. The minimum absolute atomic E-state index is 0.00656. The van der Waals surface area contributed by atoms with Crippen LogP contribution in [-0.4, -0.2) is 56.5 Å². The summed E-state index contributed by atoms with van der Waals surface area (Å²) in [5, 5.41) is 0. The van der Waals surface area contributed by atoms with Crippen molar-refractivity contribution in [3.8, 4) is 5.75 Å². The van der Waals surface area contributed by atoms with Crippen molar-refractivity contribution in [1.29, 1.82) is 0 Å². The van der Waals surface area contributed by atoms with E-state index in [0.29, 0.717) is 18.0 Å². The summed E-state index contributed by atoms with van der Waals surface area (Å²) in [6, 6.07) is 12.4. The van der Waals surface area contributed by atoms with Gasteiger partial charge in [0.2, 0.25) is 5.91 Å². The minimum atomic E-state index is -3.27. The molecule has 0 spiro atoms. The van der Waals surface area contributed by atoms with E-state index in [-0.39, 0.29) is 35.8 Å². The van der Waals surface area contributed by atoms with Crippen LogP contribution in [-0.2, 0) is 21.2 Å². The number of rotatable bonds is 4. The molecule has 0 bridgehead atoms. The Bertz CT molecular complexity index is 994. The maximum Gasteiger partial charge on any atom is 0.241 e. The number of methoxy groups -OCH3 is 1. The van der Waals surface area contributed by atoms with Crippen LogP contribution in [0.25, 0.3) is 0 Å². The van der Waals surface area contributed by atoms with Gasteiger partial charge in [0, 0.05) is 24.3 Å². The molecule has 1 amide bonds. The van der Waals surface area contributed by atoms with Crippen molar-refractivity contribution in [3.63, 3.8) is 0 Å². The number of sulfone groups is 1. The molecule has 2 aromatic rings. The van der Waals surface area contributed by atoms with Crippen LogP contribution in [0.1, 0.15) is 5.56 Å². The second kappa shape index (κ2) is 7.18. The molecule has 6 nitrogen and oxygen atoms in total. The topological polar surface area (TPSA) is 66.9 Å². The van der Waals surface area contributed by atoms with E-state index in [0.717, 1.165) is 5.56 Å². The van der Waals surface area contributed by atoms with Gasteiger partial charge >= 0.3 is 0 Å². The van der Waals surface area contributed by atoms with Gasteiger partial charge in [-0.2, -0.15) is 0 Å². The van der Waals surface area contributed by atoms with E-state index in [9.17, 15) is 17.6 Å². The molecule has 2 heterocycles. The Labute approximate surface area is 163 Å². The second-order valence-electron chi connectivity index (χ2n) is 7.21. The van der Waals surface area contributed by atoms with Crippen molar-refractivity contribution in [1.82, 2.24) is 4.90 Å². The van der Waals surface area contributed by atoms with Crippen LogP contribution in [0.15, 0.2) is 48.5 Å². The molecule has 4 rings (SSSR count). The number of benzene rings is 2. The fraction of sp³-hybridized carbons (Fsp3) is 0.350. The molecule has 0 saturated carbocycles. The van der Waals surface area contributed by atoms with Gasteiger partial charge in [-0.25, -0.2) is 12.8 Å². The van der Waals surface area contributed by atoms with Gasteiger partial charge in [0.1, 0.15) is 11.6 Å². The van der Waals surface area contributed by atoms with Gasteiger partial charge in [-0.1, -0.05) is 18.2 Å². The van der Waals surface area contributed by atoms with Crippen LogP contribution in [0.2, 0.25) is 0 Å². The number of hydrogen-bond acceptors (Lipinski definition) is 5. The molecule has 2 fully saturated rings. The molecule has 2 atom stereocenters. The average Bonchev–Trinajstić information content (AvgIpc) is 2.99. The van der Waals surface area contributed by atoms with Crippen molar-refractivity contribution >= 4 is 21.4 Å². The van der Waals surface area contributed by atoms with E-state index >= 15 is 0 Å². The Kier molecular flexibility index (Phi) is 4.84. The number of nitrogens with zero attached hydrogens (tertiary/aromatic N) is 2. The highest BCUT2D eigenvalue weighted by Gasteiger charge is 2.49. The fourth-order valence-corrected chi connectivity index (χ4v) is 6.03. The monoisotopic (exact) mass is 404 g/mol. The lowest BCUT2D eigenvalue weighted by atomic mass is 10.0. The molecule has 2 aliphatic rings. The zero-order chi connectivity index (χ0) is 19.9. The van der Waals surface area contributed by atoms with Gasteiger partial charge in [-0.05, 0) is 29.8 Å². The van der Waals surface area contributed by atoms with Crippen LogP contribution in [0, 0.1) is 5.82 Å². The summed E-state index contributed by atoms with van der Waals surface area (Å²) in [5.41, 5.74) is 1.48. The van der Waals surface area contributed by atoms with Crippen LogP contribution in [0.5, 0.6) is 5.75 Å². The lowest BCUT2D eigenvalue weighted by Gasteiger charge is -2.43. The van der Waals surface area contributed by atoms with Crippen LogP contribution >= 0.6 is 0 Å². The molecule has 148 valence electrons. The average molecular weight is 404 g/mol. The number of carbonyl (C=O) groups excluding carboxylic acids is 1. The van der Waals surface area contributed by atoms with Crippen LogP contribution in [0.4, 0.5) is 10.1 Å². The Morgan fingerprint density at radius 2 is 1.82 bits per heavy atom. The first kappa shape index (κ1) is 18.9. The van der Waals surface area contributed by atoms with Crippen molar-refractivity contribution in [2.75, 3.05) is 30.1 Å². The molecule has 8 heteroatoms. The number of hydrogen-bond donors (Lipinski definition) is 0. The molecule has 2 aliphatic heterocycles. The Balaban J connectivity index is 1.66. The number of anilines is 1. The number of fused-ring (bicyclic) bond motifs is 1. The maximum absolute atomic E-state index is 13.2. The van der Waals surface area contributed by atoms with Gasteiger partial charge in [-0.3, -0.25) is 9.69 Å². The summed E-state index contributed by atoms with van der Waals surface area (Å²) in [6.07, 6.45) is 0. The SMILES string of the molecule is COc1cccc(N2C(=O)CN(Cc3ccc(F)cc3)[C@@H]3CS(=O)(=O)C[C@@H]32)c1.